The SMILES string of the molecule is CCc1oc(C(=O)N(C)Cc2ccccc2Br)cc1C(=O)O. The largest absolute Gasteiger partial charge is 0.478 e. The number of rotatable bonds is 5. The van der Waals surface area contributed by atoms with Crippen LogP contribution < -0.4 is 0 Å². The van der Waals surface area contributed by atoms with Gasteiger partial charge in [-0.05, 0) is 11.6 Å². The van der Waals surface area contributed by atoms with Gasteiger partial charge in [-0.1, -0.05) is 41.1 Å². The Morgan fingerprint density at radius 3 is 2.55 bits per heavy atom. The van der Waals surface area contributed by atoms with E-state index >= 15 is 0 Å². The fourth-order valence-electron chi connectivity index (χ4n) is 2.12. The Kier molecular flexibility index (Phi) is 5.03. The molecule has 1 aromatic heterocycles. The Morgan fingerprint density at radius 2 is 2.00 bits per heavy atom. The fourth-order valence-corrected chi connectivity index (χ4v) is 2.53. The molecule has 0 saturated carbocycles. The summed E-state index contributed by atoms with van der Waals surface area (Å²) in [4.78, 5) is 25.0. The number of nitrogens with zero attached hydrogens (tertiary/aromatic N) is 1. The average Bonchev–Trinajstić information content (AvgIpc) is 2.93. The highest BCUT2D eigenvalue weighted by molar-refractivity contribution is 9.10. The zero-order valence-corrected chi connectivity index (χ0v) is 13.9. The van der Waals surface area contributed by atoms with E-state index in [4.69, 9.17) is 9.52 Å². The van der Waals surface area contributed by atoms with Crippen LogP contribution >= 0.6 is 15.9 Å². The van der Waals surface area contributed by atoms with Gasteiger partial charge in [-0.2, -0.15) is 0 Å². The molecule has 0 unspecified atom stereocenters. The number of aromatic carboxylic acids is 1. The van der Waals surface area contributed by atoms with Crippen LogP contribution in [0.5, 0.6) is 0 Å². The molecular formula is C16H16BrNO4. The average molecular weight is 366 g/mol. The molecule has 0 fully saturated rings. The van der Waals surface area contributed by atoms with Crippen molar-refractivity contribution in [3.63, 3.8) is 0 Å². The Hall–Kier alpha value is -2.08. The topological polar surface area (TPSA) is 70.8 Å². The van der Waals surface area contributed by atoms with E-state index in [0.29, 0.717) is 18.7 Å². The maximum Gasteiger partial charge on any atom is 0.339 e. The van der Waals surface area contributed by atoms with Crippen LogP contribution in [-0.4, -0.2) is 28.9 Å². The fraction of sp³-hybridized carbons (Fsp3) is 0.250. The molecule has 1 N–H and O–H groups in total. The molecule has 0 atom stereocenters. The predicted octanol–water partition coefficient (Wildman–Crippen LogP) is 3.57. The first-order chi connectivity index (χ1) is 10.4. The Balaban J connectivity index is 2.21. The number of aryl methyl sites for hydroxylation is 1. The number of carboxylic acids is 1. The van der Waals surface area contributed by atoms with E-state index in [1.54, 1.807) is 14.0 Å². The summed E-state index contributed by atoms with van der Waals surface area (Å²) < 4.78 is 6.30. The second-order valence-electron chi connectivity index (χ2n) is 4.86. The molecule has 0 saturated heterocycles. The summed E-state index contributed by atoms with van der Waals surface area (Å²) in [7, 11) is 1.65. The first-order valence-corrected chi connectivity index (χ1v) is 7.58. The monoisotopic (exact) mass is 365 g/mol. The first kappa shape index (κ1) is 16.3. The Morgan fingerprint density at radius 1 is 1.32 bits per heavy atom. The number of halogens is 1. The second kappa shape index (κ2) is 6.79. The summed E-state index contributed by atoms with van der Waals surface area (Å²) in [5, 5.41) is 9.11. The standard InChI is InChI=1S/C16H16BrNO4/c1-3-13-11(16(20)21)8-14(22-13)15(19)18(2)9-10-6-4-5-7-12(10)17/h4-8H,3,9H2,1-2H3,(H,20,21). The van der Waals surface area contributed by atoms with E-state index in [1.165, 1.54) is 11.0 Å². The zero-order chi connectivity index (χ0) is 16.3. The summed E-state index contributed by atoms with van der Waals surface area (Å²) >= 11 is 3.44. The van der Waals surface area contributed by atoms with Gasteiger partial charge in [0.25, 0.3) is 5.91 Å². The van der Waals surface area contributed by atoms with Crippen molar-refractivity contribution in [1.29, 1.82) is 0 Å². The molecule has 0 aliphatic heterocycles. The molecule has 0 aliphatic rings. The summed E-state index contributed by atoms with van der Waals surface area (Å²) in [5.74, 6) is -1.08. The van der Waals surface area contributed by atoms with Gasteiger partial charge in [-0.3, -0.25) is 4.79 Å². The van der Waals surface area contributed by atoms with E-state index in [9.17, 15) is 9.59 Å². The molecule has 2 aromatic rings. The van der Waals surface area contributed by atoms with Crippen molar-refractivity contribution in [3.8, 4) is 0 Å². The number of hydrogen-bond acceptors (Lipinski definition) is 3. The lowest BCUT2D eigenvalue weighted by molar-refractivity contribution is 0.0693. The molecule has 1 heterocycles. The van der Waals surface area contributed by atoms with Crippen LogP contribution in [0.1, 0.15) is 39.2 Å². The number of benzene rings is 1. The van der Waals surface area contributed by atoms with Gasteiger partial charge in [0.15, 0.2) is 5.76 Å². The highest BCUT2D eigenvalue weighted by atomic mass is 79.9. The molecule has 6 heteroatoms. The molecule has 0 radical (unpaired) electrons. The molecule has 0 spiro atoms. The van der Waals surface area contributed by atoms with Crippen molar-refractivity contribution in [2.24, 2.45) is 0 Å². The third kappa shape index (κ3) is 3.39. The van der Waals surface area contributed by atoms with Crippen molar-refractivity contribution in [1.82, 2.24) is 4.90 Å². The lowest BCUT2D eigenvalue weighted by Crippen LogP contribution is -2.26. The summed E-state index contributed by atoms with van der Waals surface area (Å²) in [6.07, 6.45) is 0.420. The Bertz CT molecular complexity index is 708. The number of carbonyl (C=O) groups is 2. The highest BCUT2D eigenvalue weighted by Gasteiger charge is 2.22. The van der Waals surface area contributed by atoms with Crippen molar-refractivity contribution < 1.29 is 19.1 Å². The minimum atomic E-state index is -1.09. The van der Waals surface area contributed by atoms with Crippen molar-refractivity contribution in [2.45, 2.75) is 19.9 Å². The lowest BCUT2D eigenvalue weighted by Gasteiger charge is -2.16. The summed E-state index contributed by atoms with van der Waals surface area (Å²) in [6.45, 7) is 2.18. The lowest BCUT2D eigenvalue weighted by atomic mass is 10.2. The maximum absolute atomic E-state index is 12.4. The molecule has 1 amide bonds. The molecular weight excluding hydrogens is 350 g/mol. The van der Waals surface area contributed by atoms with Crippen LogP contribution in [0.4, 0.5) is 0 Å². The minimum absolute atomic E-state index is 0.0418. The first-order valence-electron chi connectivity index (χ1n) is 6.79. The van der Waals surface area contributed by atoms with Gasteiger partial charge in [0.05, 0.1) is 0 Å². The molecule has 116 valence electrons. The molecule has 22 heavy (non-hydrogen) atoms. The van der Waals surface area contributed by atoms with Crippen molar-refractivity contribution >= 4 is 27.8 Å². The van der Waals surface area contributed by atoms with Gasteiger partial charge in [0.1, 0.15) is 11.3 Å². The smallest absolute Gasteiger partial charge is 0.339 e. The number of carboxylic acid groups (broad SMARTS) is 1. The van der Waals surface area contributed by atoms with Crippen LogP contribution in [0.25, 0.3) is 0 Å². The summed E-state index contributed by atoms with van der Waals surface area (Å²) in [6, 6.07) is 8.89. The summed E-state index contributed by atoms with van der Waals surface area (Å²) in [5.41, 5.74) is 0.999. The van der Waals surface area contributed by atoms with E-state index in [2.05, 4.69) is 15.9 Å². The van der Waals surface area contributed by atoms with Gasteiger partial charge in [0, 0.05) is 30.6 Å². The number of amides is 1. The number of furan rings is 1. The van der Waals surface area contributed by atoms with E-state index < -0.39 is 5.97 Å². The van der Waals surface area contributed by atoms with Crippen LogP contribution in [0, 0.1) is 0 Å². The Labute approximate surface area is 136 Å². The predicted molar refractivity (Wildman–Crippen MR) is 85.0 cm³/mol. The molecule has 0 bridgehead atoms. The third-order valence-corrected chi connectivity index (χ3v) is 4.06. The van der Waals surface area contributed by atoms with Gasteiger partial charge in [-0.25, -0.2) is 4.79 Å². The molecule has 1 aromatic carbocycles. The third-order valence-electron chi connectivity index (χ3n) is 3.28. The van der Waals surface area contributed by atoms with Gasteiger partial charge in [-0.15, -0.1) is 0 Å². The molecule has 5 nitrogen and oxygen atoms in total. The van der Waals surface area contributed by atoms with Crippen molar-refractivity contribution in [2.75, 3.05) is 7.05 Å². The van der Waals surface area contributed by atoms with E-state index in [1.807, 2.05) is 24.3 Å². The van der Waals surface area contributed by atoms with Crippen LogP contribution in [-0.2, 0) is 13.0 Å². The van der Waals surface area contributed by atoms with E-state index in [0.717, 1.165) is 10.0 Å². The zero-order valence-electron chi connectivity index (χ0n) is 12.3. The molecule has 2 rings (SSSR count). The van der Waals surface area contributed by atoms with E-state index in [-0.39, 0.29) is 17.2 Å². The van der Waals surface area contributed by atoms with Crippen molar-refractivity contribution in [3.05, 3.63) is 57.5 Å². The van der Waals surface area contributed by atoms with Crippen LogP contribution in [0.15, 0.2) is 39.2 Å². The number of carbonyl (C=O) groups excluding carboxylic acids is 1. The second-order valence-corrected chi connectivity index (χ2v) is 5.71. The molecule has 0 aliphatic carbocycles. The van der Waals surface area contributed by atoms with Gasteiger partial charge < -0.3 is 14.4 Å². The highest BCUT2D eigenvalue weighted by Crippen LogP contribution is 2.21. The van der Waals surface area contributed by atoms with Crippen LogP contribution in [0.3, 0.4) is 0 Å². The maximum atomic E-state index is 12.4. The van der Waals surface area contributed by atoms with Gasteiger partial charge in [0.2, 0.25) is 0 Å². The minimum Gasteiger partial charge on any atom is -0.478 e. The van der Waals surface area contributed by atoms with Crippen LogP contribution in [0.2, 0.25) is 0 Å². The normalized spacial score (nSPS) is 10.5. The van der Waals surface area contributed by atoms with Gasteiger partial charge >= 0.3 is 5.97 Å². The number of hydrogen-bond donors (Lipinski definition) is 1. The quantitative estimate of drug-likeness (QED) is 0.878.